The van der Waals surface area contributed by atoms with Gasteiger partial charge in [-0.3, -0.25) is 4.90 Å². The van der Waals surface area contributed by atoms with Crippen molar-refractivity contribution in [2.45, 2.75) is 36.4 Å². The van der Waals surface area contributed by atoms with Crippen molar-refractivity contribution in [3.63, 3.8) is 0 Å². The van der Waals surface area contributed by atoms with Gasteiger partial charge in [0.25, 0.3) is 0 Å². The fourth-order valence-electron chi connectivity index (χ4n) is 5.56. The molecule has 3 aromatic carbocycles. The average Bonchev–Trinajstić information content (AvgIpc) is 3.18. The molecule has 2 heterocycles. The number of amides is 1. The maximum atomic E-state index is 13.8. The second kappa shape index (κ2) is 11.0. The van der Waals surface area contributed by atoms with Crippen molar-refractivity contribution in [1.82, 2.24) is 4.90 Å². The Morgan fingerprint density at radius 3 is 1.98 bits per heavy atom. The summed E-state index contributed by atoms with van der Waals surface area (Å²) in [5.41, 5.74) is 0.396. The molecule has 1 aliphatic heterocycles. The van der Waals surface area contributed by atoms with E-state index < -0.39 is 57.3 Å². The second-order valence-corrected chi connectivity index (χ2v) is 10.8. The van der Waals surface area contributed by atoms with Gasteiger partial charge in [-0.05, 0) is 22.3 Å². The summed E-state index contributed by atoms with van der Waals surface area (Å²) in [4.78, 5) is 14.8. The molecule has 1 saturated heterocycles. The lowest BCUT2D eigenvalue weighted by Crippen LogP contribution is -2.76. The molecule has 0 spiro atoms. The molecule has 214 valence electrons. The molecule has 4 aromatic rings. The lowest BCUT2D eigenvalue weighted by Gasteiger charge is -2.53. The van der Waals surface area contributed by atoms with Crippen LogP contribution >= 0.6 is 8.24 Å². The van der Waals surface area contributed by atoms with Gasteiger partial charge in [0.05, 0.1) is 19.8 Å². The topological polar surface area (TPSA) is 155 Å². The number of ether oxygens (including phenoxy) is 2. The molecule has 1 fully saturated rings. The number of aliphatic hydroxyl groups is 4. The van der Waals surface area contributed by atoms with E-state index in [0.29, 0.717) is 21.9 Å². The number of aliphatic hydroxyl groups excluding tert-OH is 4. The molecule has 12 heteroatoms. The SMILES string of the molecule is COC(=O)N(C1c2ccccc2-c2ccccc21)[C@]1(Op2occ3ccccc3co2)C(O)O[C@H](CO)[C@@H](O)[C@@H]1O. The first-order valence-electron chi connectivity index (χ1n) is 12.8. The van der Waals surface area contributed by atoms with Crippen LogP contribution in [0.3, 0.4) is 0 Å². The minimum absolute atomic E-state index is 0.654. The number of nitrogens with zero attached hydrogens (tertiary/aromatic N) is 1. The van der Waals surface area contributed by atoms with Crippen LogP contribution in [0.1, 0.15) is 17.2 Å². The van der Waals surface area contributed by atoms with E-state index in [-0.39, 0.29) is 0 Å². The predicted octanol–water partition coefficient (Wildman–Crippen LogP) is 3.53. The quantitative estimate of drug-likeness (QED) is 0.257. The maximum Gasteiger partial charge on any atom is 0.412 e. The molecule has 0 bridgehead atoms. The van der Waals surface area contributed by atoms with E-state index in [1.165, 1.54) is 12.5 Å². The van der Waals surface area contributed by atoms with Gasteiger partial charge >= 0.3 is 14.3 Å². The van der Waals surface area contributed by atoms with Crippen LogP contribution in [0.5, 0.6) is 0 Å². The van der Waals surface area contributed by atoms with Crippen LogP contribution in [0, 0.1) is 0 Å². The van der Waals surface area contributed by atoms with Crippen LogP contribution in [0.2, 0.25) is 0 Å². The number of carbonyl (C=O) groups is 1. The van der Waals surface area contributed by atoms with E-state index >= 15 is 0 Å². The first kappa shape index (κ1) is 27.5. The van der Waals surface area contributed by atoms with Gasteiger partial charge in [0.1, 0.15) is 30.8 Å². The Morgan fingerprint density at radius 2 is 1.44 bits per heavy atom. The number of rotatable bonds is 5. The maximum absolute atomic E-state index is 13.8. The lowest BCUT2D eigenvalue weighted by atomic mass is 9.89. The summed E-state index contributed by atoms with van der Waals surface area (Å²) < 4.78 is 28.6. The van der Waals surface area contributed by atoms with Crippen molar-refractivity contribution in [3.8, 4) is 11.1 Å². The lowest BCUT2D eigenvalue weighted by molar-refractivity contribution is -0.349. The zero-order chi connectivity index (χ0) is 28.7. The Balaban J connectivity index is 1.59. The largest absolute Gasteiger partial charge is 0.453 e. The normalized spacial score (nSPS) is 25.4. The third-order valence-corrected chi connectivity index (χ3v) is 8.52. The molecule has 41 heavy (non-hydrogen) atoms. The van der Waals surface area contributed by atoms with Crippen LogP contribution in [-0.2, 0) is 9.47 Å². The summed E-state index contributed by atoms with van der Waals surface area (Å²) in [6, 6.07) is 20.9. The predicted molar refractivity (Wildman–Crippen MR) is 146 cm³/mol. The van der Waals surface area contributed by atoms with Crippen LogP contribution in [0.4, 0.5) is 4.79 Å². The van der Waals surface area contributed by atoms with Gasteiger partial charge in [-0.25, -0.2) is 9.32 Å². The van der Waals surface area contributed by atoms with Crippen LogP contribution in [-0.4, -0.2) is 75.5 Å². The monoisotopic (exact) mass is 581 g/mol. The Hall–Kier alpha value is -3.67. The highest BCUT2D eigenvalue weighted by atomic mass is 31.1. The van der Waals surface area contributed by atoms with Crippen molar-refractivity contribution in [1.29, 1.82) is 0 Å². The Bertz CT molecular complexity index is 1530. The Morgan fingerprint density at radius 1 is 0.902 bits per heavy atom. The molecule has 1 amide bonds. The van der Waals surface area contributed by atoms with Gasteiger partial charge in [0, 0.05) is 10.8 Å². The van der Waals surface area contributed by atoms with E-state index in [2.05, 4.69) is 0 Å². The van der Waals surface area contributed by atoms with Gasteiger partial charge in [-0.1, -0.05) is 72.8 Å². The summed E-state index contributed by atoms with van der Waals surface area (Å²) in [6.07, 6.45) is -5.51. The highest BCUT2D eigenvalue weighted by molar-refractivity contribution is 7.31. The molecular formula is C29H28NO10P. The number of carbonyl (C=O) groups excluding carboxylic acids is 1. The van der Waals surface area contributed by atoms with E-state index in [1.54, 1.807) is 36.4 Å². The van der Waals surface area contributed by atoms with Crippen molar-refractivity contribution in [2.75, 3.05) is 13.7 Å². The molecule has 1 aliphatic carbocycles. The zero-order valence-corrected chi connectivity index (χ0v) is 22.7. The third kappa shape index (κ3) is 4.43. The van der Waals surface area contributed by atoms with E-state index in [0.717, 1.165) is 23.1 Å². The van der Waals surface area contributed by atoms with Crippen molar-refractivity contribution >= 4 is 25.1 Å². The van der Waals surface area contributed by atoms with Crippen molar-refractivity contribution < 1.29 is 47.6 Å². The summed E-state index contributed by atoms with van der Waals surface area (Å²) >= 11 is 0. The number of hydrogen-bond donors (Lipinski definition) is 4. The van der Waals surface area contributed by atoms with Crippen molar-refractivity contribution in [3.05, 3.63) is 96.4 Å². The van der Waals surface area contributed by atoms with Gasteiger partial charge in [0.2, 0.25) is 12.0 Å². The van der Waals surface area contributed by atoms with Gasteiger partial charge in [-0.15, -0.1) is 0 Å². The van der Waals surface area contributed by atoms with E-state index in [9.17, 15) is 25.2 Å². The first-order valence-corrected chi connectivity index (χ1v) is 13.9. The van der Waals surface area contributed by atoms with Crippen LogP contribution in [0.15, 0.2) is 93.7 Å². The molecule has 4 N–H and O–H groups in total. The molecule has 6 rings (SSSR count). The number of hydrogen-bond acceptors (Lipinski definition) is 10. The summed E-state index contributed by atoms with van der Waals surface area (Å²) in [6.45, 7) is -0.725. The second-order valence-electron chi connectivity index (χ2n) is 9.70. The van der Waals surface area contributed by atoms with Gasteiger partial charge in [-0.2, -0.15) is 0 Å². The van der Waals surface area contributed by atoms with E-state index in [4.69, 9.17) is 22.4 Å². The first-order chi connectivity index (χ1) is 19.9. The Labute approximate surface area is 235 Å². The molecule has 0 radical (unpaired) electrons. The molecule has 0 saturated carbocycles. The number of methoxy groups -OCH3 is 1. The summed E-state index contributed by atoms with van der Waals surface area (Å²) in [7, 11) is -1.31. The molecule has 11 nitrogen and oxygen atoms in total. The van der Waals surface area contributed by atoms with Crippen LogP contribution < -0.4 is 4.52 Å². The summed E-state index contributed by atoms with van der Waals surface area (Å²) in [5, 5.41) is 45.5. The third-order valence-electron chi connectivity index (χ3n) is 7.52. The molecule has 5 atom stereocenters. The minimum atomic E-state index is -2.54. The standard InChI is InChI=1S/C29H28NO10P/c1-36-28(35)30(24-21-12-6-4-10-19(21)20-11-5-7-13-22(20)24)29(26(33)25(32)23(14-31)39-27(29)34)40-41-37-15-17-8-2-3-9-18(17)16-38-41/h2-13,15-16,23-27,31-34H,14H2,1H3/t23-,25-,26+,27?,29-/m1/s1. The fraction of sp³-hybridized carbons (Fsp3) is 0.276. The zero-order valence-electron chi connectivity index (χ0n) is 21.8. The van der Waals surface area contributed by atoms with E-state index in [1.807, 2.05) is 36.4 Å². The Kier molecular flexibility index (Phi) is 7.35. The highest BCUT2D eigenvalue weighted by Gasteiger charge is 2.65. The number of benzene rings is 3. The number of fused-ring (bicyclic) bond motifs is 4. The average molecular weight is 582 g/mol. The van der Waals surface area contributed by atoms with Crippen molar-refractivity contribution in [2.24, 2.45) is 0 Å². The molecular weight excluding hydrogens is 553 g/mol. The van der Waals surface area contributed by atoms with Crippen LogP contribution in [0.25, 0.3) is 21.9 Å². The minimum Gasteiger partial charge on any atom is -0.453 e. The molecule has 2 aliphatic rings. The van der Waals surface area contributed by atoms with Gasteiger partial charge < -0.3 is 38.3 Å². The highest BCUT2D eigenvalue weighted by Crippen LogP contribution is 2.51. The summed E-state index contributed by atoms with van der Waals surface area (Å²) in [5.74, 6) is 0. The molecule has 1 unspecified atom stereocenters. The van der Waals surface area contributed by atoms with Gasteiger partial charge in [0.15, 0.2) is 0 Å². The smallest absolute Gasteiger partial charge is 0.412 e. The fourth-order valence-corrected chi connectivity index (χ4v) is 6.62. The molecule has 1 aromatic heterocycles.